The molecule has 98 valence electrons. The number of rotatable bonds is 4. The molecule has 0 bridgehead atoms. The van der Waals surface area contributed by atoms with Gasteiger partial charge in [-0.2, -0.15) is 11.8 Å². The second kappa shape index (κ2) is 5.11. The van der Waals surface area contributed by atoms with Gasteiger partial charge in [-0.3, -0.25) is 0 Å². The molecule has 1 aromatic carbocycles. The second-order valence-corrected chi connectivity index (χ2v) is 6.28. The van der Waals surface area contributed by atoms with Crippen molar-refractivity contribution >= 4 is 11.8 Å². The smallest absolute Gasteiger partial charge is 0.122 e. The number of benzene rings is 1. The van der Waals surface area contributed by atoms with Crippen LogP contribution < -0.4 is 10.1 Å². The van der Waals surface area contributed by atoms with Crippen LogP contribution in [-0.4, -0.2) is 35.4 Å². The predicted molar refractivity (Wildman–Crippen MR) is 74.2 cm³/mol. The summed E-state index contributed by atoms with van der Waals surface area (Å²) in [5.41, 5.74) is 2.09. The van der Waals surface area contributed by atoms with E-state index in [2.05, 4.69) is 23.5 Å². The van der Waals surface area contributed by atoms with Gasteiger partial charge in [0.1, 0.15) is 5.75 Å². The van der Waals surface area contributed by atoms with Crippen molar-refractivity contribution in [3.63, 3.8) is 0 Å². The van der Waals surface area contributed by atoms with E-state index in [1.807, 2.05) is 11.8 Å². The third-order valence-electron chi connectivity index (χ3n) is 3.62. The van der Waals surface area contributed by atoms with Crippen LogP contribution in [0.4, 0.5) is 0 Å². The molecule has 0 amide bonds. The SMILES string of the molecule is OC1(CNCc2ccc3c(c2)CCO3)CCSC1. The Labute approximate surface area is 112 Å². The molecule has 0 spiro atoms. The van der Waals surface area contributed by atoms with Gasteiger partial charge < -0.3 is 15.2 Å². The highest BCUT2D eigenvalue weighted by Gasteiger charge is 2.30. The second-order valence-electron chi connectivity index (χ2n) is 5.17. The Kier molecular flexibility index (Phi) is 3.50. The quantitative estimate of drug-likeness (QED) is 0.867. The molecule has 3 rings (SSSR count). The number of thioether (sulfide) groups is 1. The Morgan fingerprint density at radius 3 is 3.22 bits per heavy atom. The normalized spacial score (nSPS) is 26.1. The number of fused-ring (bicyclic) bond motifs is 1. The van der Waals surface area contributed by atoms with E-state index in [4.69, 9.17) is 4.74 Å². The van der Waals surface area contributed by atoms with Gasteiger partial charge in [0.05, 0.1) is 12.2 Å². The fraction of sp³-hybridized carbons (Fsp3) is 0.571. The van der Waals surface area contributed by atoms with E-state index in [0.717, 1.165) is 43.2 Å². The van der Waals surface area contributed by atoms with Crippen molar-refractivity contribution < 1.29 is 9.84 Å². The standard InChI is InChI=1S/C14H19NO2S/c16-14(4-6-18-10-14)9-15-8-11-1-2-13-12(7-11)3-5-17-13/h1-2,7,15-16H,3-6,8-10H2. The molecule has 3 nitrogen and oxygen atoms in total. The Hall–Kier alpha value is -0.710. The molecule has 0 aliphatic carbocycles. The van der Waals surface area contributed by atoms with Crippen molar-refractivity contribution in [3.05, 3.63) is 29.3 Å². The zero-order chi connectivity index (χ0) is 12.4. The lowest BCUT2D eigenvalue weighted by Gasteiger charge is -2.21. The molecule has 2 aliphatic heterocycles. The minimum Gasteiger partial charge on any atom is -0.493 e. The van der Waals surface area contributed by atoms with Crippen LogP contribution in [0.15, 0.2) is 18.2 Å². The lowest BCUT2D eigenvalue weighted by molar-refractivity contribution is 0.0675. The predicted octanol–water partition coefficient (Wildman–Crippen LogP) is 1.58. The van der Waals surface area contributed by atoms with Crippen LogP contribution >= 0.6 is 11.8 Å². The minimum absolute atomic E-state index is 0.496. The molecule has 2 heterocycles. The monoisotopic (exact) mass is 265 g/mol. The van der Waals surface area contributed by atoms with E-state index < -0.39 is 5.60 Å². The molecular weight excluding hydrogens is 246 g/mol. The van der Waals surface area contributed by atoms with E-state index in [1.165, 1.54) is 11.1 Å². The van der Waals surface area contributed by atoms with Crippen molar-refractivity contribution in [2.45, 2.75) is 25.0 Å². The fourth-order valence-corrected chi connectivity index (χ4v) is 3.82. The third kappa shape index (κ3) is 2.66. The van der Waals surface area contributed by atoms with Gasteiger partial charge in [-0.05, 0) is 29.4 Å². The zero-order valence-electron chi connectivity index (χ0n) is 10.4. The van der Waals surface area contributed by atoms with E-state index in [1.54, 1.807) is 0 Å². The average molecular weight is 265 g/mol. The Bertz CT molecular complexity index is 430. The molecule has 2 N–H and O–H groups in total. The van der Waals surface area contributed by atoms with E-state index in [9.17, 15) is 5.11 Å². The number of nitrogens with one attached hydrogen (secondary N) is 1. The molecule has 1 saturated heterocycles. The van der Waals surface area contributed by atoms with Crippen molar-refractivity contribution in [3.8, 4) is 5.75 Å². The lowest BCUT2D eigenvalue weighted by atomic mass is 10.0. The van der Waals surface area contributed by atoms with Gasteiger partial charge in [0, 0.05) is 25.3 Å². The molecule has 1 aromatic rings. The average Bonchev–Trinajstić information content (AvgIpc) is 2.97. The van der Waals surface area contributed by atoms with Crippen molar-refractivity contribution in [2.24, 2.45) is 0 Å². The van der Waals surface area contributed by atoms with Gasteiger partial charge in [0.2, 0.25) is 0 Å². The van der Waals surface area contributed by atoms with Gasteiger partial charge >= 0.3 is 0 Å². The first-order chi connectivity index (χ1) is 8.75. The van der Waals surface area contributed by atoms with Crippen LogP contribution in [0.3, 0.4) is 0 Å². The van der Waals surface area contributed by atoms with Crippen LogP contribution in [0.5, 0.6) is 5.75 Å². The molecule has 1 unspecified atom stereocenters. The fourth-order valence-electron chi connectivity index (χ4n) is 2.53. The first-order valence-corrected chi connectivity index (χ1v) is 7.66. The number of ether oxygens (including phenoxy) is 1. The number of hydrogen-bond donors (Lipinski definition) is 2. The summed E-state index contributed by atoms with van der Waals surface area (Å²) in [4.78, 5) is 0. The maximum Gasteiger partial charge on any atom is 0.122 e. The van der Waals surface area contributed by atoms with Crippen LogP contribution in [0.1, 0.15) is 17.5 Å². The molecule has 4 heteroatoms. The van der Waals surface area contributed by atoms with Crippen molar-refractivity contribution in [2.75, 3.05) is 24.7 Å². The lowest BCUT2D eigenvalue weighted by Crippen LogP contribution is -2.40. The van der Waals surface area contributed by atoms with Crippen molar-refractivity contribution in [1.29, 1.82) is 0 Å². The molecular formula is C14H19NO2S. The van der Waals surface area contributed by atoms with Gasteiger partial charge in [-0.25, -0.2) is 0 Å². The molecule has 1 atom stereocenters. The topological polar surface area (TPSA) is 41.5 Å². The maximum atomic E-state index is 10.2. The summed E-state index contributed by atoms with van der Waals surface area (Å²) in [7, 11) is 0. The summed E-state index contributed by atoms with van der Waals surface area (Å²) >= 11 is 1.84. The first-order valence-electron chi connectivity index (χ1n) is 6.51. The Balaban J connectivity index is 1.54. The Morgan fingerprint density at radius 2 is 2.39 bits per heavy atom. The highest BCUT2D eigenvalue weighted by Crippen LogP contribution is 2.28. The number of hydrogen-bond acceptors (Lipinski definition) is 4. The van der Waals surface area contributed by atoms with Crippen LogP contribution in [0, 0.1) is 0 Å². The largest absolute Gasteiger partial charge is 0.493 e. The van der Waals surface area contributed by atoms with Crippen LogP contribution in [-0.2, 0) is 13.0 Å². The Morgan fingerprint density at radius 1 is 1.44 bits per heavy atom. The molecule has 0 aromatic heterocycles. The van der Waals surface area contributed by atoms with E-state index >= 15 is 0 Å². The zero-order valence-corrected chi connectivity index (χ0v) is 11.3. The van der Waals surface area contributed by atoms with Crippen molar-refractivity contribution in [1.82, 2.24) is 5.32 Å². The summed E-state index contributed by atoms with van der Waals surface area (Å²) in [6, 6.07) is 6.37. The molecule has 2 aliphatic rings. The number of aliphatic hydroxyl groups is 1. The van der Waals surface area contributed by atoms with E-state index in [-0.39, 0.29) is 0 Å². The minimum atomic E-state index is -0.496. The highest BCUT2D eigenvalue weighted by atomic mass is 32.2. The van der Waals surface area contributed by atoms with E-state index in [0.29, 0.717) is 6.54 Å². The molecule has 18 heavy (non-hydrogen) atoms. The summed E-state index contributed by atoms with van der Waals surface area (Å²) in [5.74, 6) is 2.97. The van der Waals surface area contributed by atoms with Gasteiger partial charge in [0.15, 0.2) is 0 Å². The summed E-state index contributed by atoms with van der Waals surface area (Å²) < 4.78 is 5.49. The maximum absolute atomic E-state index is 10.2. The van der Waals surface area contributed by atoms with Gasteiger partial charge in [-0.15, -0.1) is 0 Å². The molecule has 0 saturated carbocycles. The van der Waals surface area contributed by atoms with Gasteiger partial charge in [0.25, 0.3) is 0 Å². The summed E-state index contributed by atoms with van der Waals surface area (Å²) in [6.07, 6.45) is 1.92. The van der Waals surface area contributed by atoms with Gasteiger partial charge in [-0.1, -0.05) is 12.1 Å². The highest BCUT2D eigenvalue weighted by molar-refractivity contribution is 7.99. The third-order valence-corrected chi connectivity index (χ3v) is 4.85. The summed E-state index contributed by atoms with van der Waals surface area (Å²) in [5, 5.41) is 13.6. The summed E-state index contributed by atoms with van der Waals surface area (Å²) in [6.45, 7) is 2.32. The molecule has 0 radical (unpaired) electrons. The van der Waals surface area contributed by atoms with Crippen LogP contribution in [0.25, 0.3) is 0 Å². The first kappa shape index (κ1) is 12.3. The molecule has 1 fully saturated rings. The van der Waals surface area contributed by atoms with Crippen LogP contribution in [0.2, 0.25) is 0 Å².